The Kier molecular flexibility index (Phi) is 5.73. The summed E-state index contributed by atoms with van der Waals surface area (Å²) in [5.74, 6) is -0.148. The first-order chi connectivity index (χ1) is 12.7. The fourth-order valence-electron chi connectivity index (χ4n) is 2.76. The van der Waals surface area contributed by atoms with Gasteiger partial charge in [0.1, 0.15) is 0 Å². The standard InChI is InChI=1S/C21H22N4O/c22-13-15-1-3-18(4-2-15)20(14-23)25-21(26)19-7-5-16(6-8-19)17-9-11-24-12-10-17/h1-12,20H,13-14,22-23H2,(H,25,26). The van der Waals surface area contributed by atoms with Gasteiger partial charge in [0.25, 0.3) is 5.91 Å². The van der Waals surface area contributed by atoms with Gasteiger partial charge in [-0.25, -0.2) is 0 Å². The van der Waals surface area contributed by atoms with Crippen LogP contribution in [-0.4, -0.2) is 17.4 Å². The molecule has 1 amide bonds. The predicted octanol–water partition coefficient (Wildman–Crippen LogP) is 2.64. The normalized spacial score (nSPS) is 11.8. The van der Waals surface area contributed by atoms with Crippen LogP contribution in [0, 0.1) is 0 Å². The van der Waals surface area contributed by atoms with Crippen molar-refractivity contribution in [3.8, 4) is 11.1 Å². The summed E-state index contributed by atoms with van der Waals surface area (Å²) < 4.78 is 0. The minimum atomic E-state index is -0.241. The van der Waals surface area contributed by atoms with E-state index in [1.807, 2.05) is 60.7 Å². The Labute approximate surface area is 153 Å². The van der Waals surface area contributed by atoms with Crippen molar-refractivity contribution < 1.29 is 4.79 Å². The van der Waals surface area contributed by atoms with Crippen LogP contribution in [0.5, 0.6) is 0 Å². The second-order valence-electron chi connectivity index (χ2n) is 6.02. The van der Waals surface area contributed by atoms with Crippen molar-refractivity contribution in [2.75, 3.05) is 6.54 Å². The largest absolute Gasteiger partial charge is 0.344 e. The Balaban J connectivity index is 1.71. The highest BCUT2D eigenvalue weighted by Crippen LogP contribution is 2.19. The van der Waals surface area contributed by atoms with Crippen LogP contribution < -0.4 is 16.8 Å². The Bertz CT molecular complexity index is 845. The van der Waals surface area contributed by atoms with Crippen molar-refractivity contribution in [3.05, 3.63) is 89.7 Å². The maximum atomic E-state index is 12.6. The molecule has 5 heteroatoms. The summed E-state index contributed by atoms with van der Waals surface area (Å²) in [4.78, 5) is 16.6. The topological polar surface area (TPSA) is 94.0 Å². The molecule has 5 N–H and O–H groups in total. The van der Waals surface area contributed by atoms with Gasteiger partial charge in [-0.1, -0.05) is 36.4 Å². The van der Waals surface area contributed by atoms with Gasteiger partial charge in [0, 0.05) is 31.0 Å². The van der Waals surface area contributed by atoms with E-state index in [1.54, 1.807) is 12.4 Å². The monoisotopic (exact) mass is 346 g/mol. The number of nitrogens with zero attached hydrogens (tertiary/aromatic N) is 1. The van der Waals surface area contributed by atoms with E-state index in [1.165, 1.54) is 0 Å². The van der Waals surface area contributed by atoms with E-state index in [0.717, 1.165) is 22.3 Å². The third kappa shape index (κ3) is 4.14. The molecular formula is C21H22N4O. The maximum absolute atomic E-state index is 12.6. The van der Waals surface area contributed by atoms with Crippen molar-refractivity contribution >= 4 is 5.91 Å². The van der Waals surface area contributed by atoms with Crippen LogP contribution >= 0.6 is 0 Å². The van der Waals surface area contributed by atoms with Crippen molar-refractivity contribution in [2.45, 2.75) is 12.6 Å². The van der Waals surface area contributed by atoms with Crippen molar-refractivity contribution in [2.24, 2.45) is 11.5 Å². The summed E-state index contributed by atoms with van der Waals surface area (Å²) in [6.07, 6.45) is 3.50. The third-order valence-corrected chi connectivity index (χ3v) is 4.32. The molecule has 3 aromatic rings. The molecule has 0 aliphatic carbocycles. The molecule has 26 heavy (non-hydrogen) atoms. The SMILES string of the molecule is NCc1ccc(C(CN)NC(=O)c2ccc(-c3ccncc3)cc2)cc1. The Morgan fingerprint density at radius 1 is 0.885 bits per heavy atom. The predicted molar refractivity (Wildman–Crippen MR) is 103 cm³/mol. The van der Waals surface area contributed by atoms with Crippen LogP contribution in [0.2, 0.25) is 0 Å². The maximum Gasteiger partial charge on any atom is 0.251 e. The summed E-state index contributed by atoms with van der Waals surface area (Å²) in [7, 11) is 0. The zero-order valence-corrected chi connectivity index (χ0v) is 14.4. The van der Waals surface area contributed by atoms with Crippen molar-refractivity contribution in [1.82, 2.24) is 10.3 Å². The zero-order valence-electron chi connectivity index (χ0n) is 14.4. The highest BCUT2D eigenvalue weighted by atomic mass is 16.1. The fraction of sp³-hybridized carbons (Fsp3) is 0.143. The number of hydrogen-bond donors (Lipinski definition) is 3. The lowest BCUT2D eigenvalue weighted by atomic mass is 10.0. The molecule has 2 aromatic carbocycles. The Morgan fingerprint density at radius 3 is 2.08 bits per heavy atom. The van der Waals surface area contributed by atoms with Crippen LogP contribution in [-0.2, 0) is 6.54 Å². The highest BCUT2D eigenvalue weighted by molar-refractivity contribution is 5.95. The summed E-state index contributed by atoms with van der Waals surface area (Å²) in [5, 5.41) is 2.99. The zero-order chi connectivity index (χ0) is 18.4. The molecule has 132 valence electrons. The number of rotatable bonds is 6. The van der Waals surface area contributed by atoms with Gasteiger partial charge in [0.2, 0.25) is 0 Å². The first kappa shape index (κ1) is 17.8. The van der Waals surface area contributed by atoms with Crippen LogP contribution in [0.3, 0.4) is 0 Å². The number of amides is 1. The van der Waals surface area contributed by atoms with E-state index in [9.17, 15) is 4.79 Å². The molecule has 0 spiro atoms. The molecule has 0 aliphatic rings. The Morgan fingerprint density at radius 2 is 1.50 bits per heavy atom. The van der Waals surface area contributed by atoms with Gasteiger partial charge in [-0.15, -0.1) is 0 Å². The summed E-state index contributed by atoms with van der Waals surface area (Å²) >= 11 is 0. The quantitative estimate of drug-likeness (QED) is 0.639. The minimum Gasteiger partial charge on any atom is -0.344 e. The smallest absolute Gasteiger partial charge is 0.251 e. The molecule has 0 radical (unpaired) electrons. The molecule has 0 fully saturated rings. The average Bonchev–Trinajstić information content (AvgIpc) is 2.72. The molecule has 0 bridgehead atoms. The molecule has 1 aromatic heterocycles. The number of pyridine rings is 1. The summed E-state index contributed by atoms with van der Waals surface area (Å²) in [6.45, 7) is 0.812. The molecular weight excluding hydrogens is 324 g/mol. The van der Waals surface area contributed by atoms with Crippen molar-refractivity contribution in [3.63, 3.8) is 0 Å². The lowest BCUT2D eigenvalue weighted by molar-refractivity contribution is 0.0938. The number of carbonyl (C=O) groups excluding carboxylic acids is 1. The van der Waals surface area contributed by atoms with Crippen LogP contribution in [0.25, 0.3) is 11.1 Å². The lowest BCUT2D eigenvalue weighted by Crippen LogP contribution is -2.33. The number of carbonyl (C=O) groups is 1. The molecule has 3 rings (SSSR count). The van der Waals surface area contributed by atoms with E-state index >= 15 is 0 Å². The molecule has 5 nitrogen and oxygen atoms in total. The summed E-state index contributed by atoms with van der Waals surface area (Å²) in [6, 6.07) is 18.9. The number of benzene rings is 2. The van der Waals surface area contributed by atoms with Gasteiger partial charge < -0.3 is 16.8 Å². The van der Waals surface area contributed by atoms with E-state index in [2.05, 4.69) is 10.3 Å². The van der Waals surface area contributed by atoms with Gasteiger partial charge in [-0.3, -0.25) is 9.78 Å². The second kappa shape index (κ2) is 8.38. The molecule has 0 saturated heterocycles. The van der Waals surface area contributed by atoms with E-state index in [0.29, 0.717) is 18.7 Å². The van der Waals surface area contributed by atoms with Gasteiger partial charge in [-0.2, -0.15) is 0 Å². The first-order valence-electron chi connectivity index (χ1n) is 8.51. The van der Waals surface area contributed by atoms with Crippen molar-refractivity contribution in [1.29, 1.82) is 0 Å². The van der Waals surface area contributed by atoms with Crippen LogP contribution in [0.1, 0.15) is 27.5 Å². The van der Waals surface area contributed by atoms with Gasteiger partial charge in [-0.05, 0) is 46.5 Å². The molecule has 1 heterocycles. The third-order valence-electron chi connectivity index (χ3n) is 4.32. The lowest BCUT2D eigenvalue weighted by Gasteiger charge is -2.18. The minimum absolute atomic E-state index is 0.148. The van der Waals surface area contributed by atoms with E-state index in [4.69, 9.17) is 11.5 Å². The number of nitrogens with two attached hydrogens (primary N) is 2. The number of nitrogens with one attached hydrogen (secondary N) is 1. The van der Waals surface area contributed by atoms with Gasteiger partial charge in [0.05, 0.1) is 6.04 Å². The number of aromatic nitrogens is 1. The Hall–Kier alpha value is -3.02. The second-order valence-corrected chi connectivity index (χ2v) is 6.02. The first-order valence-corrected chi connectivity index (χ1v) is 8.51. The van der Waals surface area contributed by atoms with Crippen LogP contribution in [0.15, 0.2) is 73.1 Å². The average molecular weight is 346 g/mol. The van der Waals surface area contributed by atoms with Gasteiger partial charge in [0.15, 0.2) is 0 Å². The summed E-state index contributed by atoms with van der Waals surface area (Å²) in [5.41, 5.74) is 16.2. The van der Waals surface area contributed by atoms with Crippen LogP contribution in [0.4, 0.5) is 0 Å². The molecule has 0 aliphatic heterocycles. The highest BCUT2D eigenvalue weighted by Gasteiger charge is 2.14. The molecule has 1 atom stereocenters. The van der Waals surface area contributed by atoms with Gasteiger partial charge >= 0.3 is 0 Å². The molecule has 0 saturated carbocycles. The fourth-order valence-corrected chi connectivity index (χ4v) is 2.76. The van der Waals surface area contributed by atoms with E-state index in [-0.39, 0.29) is 11.9 Å². The molecule has 1 unspecified atom stereocenters. The van der Waals surface area contributed by atoms with E-state index < -0.39 is 0 Å². The number of hydrogen-bond acceptors (Lipinski definition) is 4.